The molecule has 0 aromatic carbocycles. The standard InChI is InChI=1S/C11H17NO5S2/c1-10(2,11(3,4)15)12-19(16,17)8-6-5-7(18-8)9(13)14/h5-6,12,15H,1-4H3,(H,13,14). The summed E-state index contributed by atoms with van der Waals surface area (Å²) < 4.78 is 26.5. The molecule has 0 saturated heterocycles. The van der Waals surface area contributed by atoms with Crippen molar-refractivity contribution in [3.8, 4) is 0 Å². The number of aliphatic hydroxyl groups is 1. The number of carboxylic acid groups (broad SMARTS) is 1. The molecule has 0 fully saturated rings. The molecular weight excluding hydrogens is 290 g/mol. The van der Waals surface area contributed by atoms with Gasteiger partial charge in [-0.25, -0.2) is 17.9 Å². The van der Waals surface area contributed by atoms with Gasteiger partial charge in [0.1, 0.15) is 9.09 Å². The van der Waals surface area contributed by atoms with Crippen molar-refractivity contribution in [2.24, 2.45) is 0 Å². The summed E-state index contributed by atoms with van der Waals surface area (Å²) in [5.74, 6) is -1.17. The lowest BCUT2D eigenvalue weighted by Crippen LogP contribution is -2.57. The van der Waals surface area contributed by atoms with Crippen molar-refractivity contribution < 1.29 is 23.4 Å². The molecule has 0 bridgehead atoms. The zero-order valence-electron chi connectivity index (χ0n) is 11.1. The number of carboxylic acids is 1. The van der Waals surface area contributed by atoms with Crippen LogP contribution in [0.1, 0.15) is 37.4 Å². The van der Waals surface area contributed by atoms with E-state index in [1.807, 2.05) is 0 Å². The Morgan fingerprint density at radius 1 is 1.26 bits per heavy atom. The maximum Gasteiger partial charge on any atom is 0.345 e. The first-order valence-corrected chi connectivity index (χ1v) is 7.76. The van der Waals surface area contributed by atoms with Gasteiger partial charge >= 0.3 is 5.97 Å². The average Bonchev–Trinajstić information content (AvgIpc) is 2.62. The molecular formula is C11H17NO5S2. The van der Waals surface area contributed by atoms with Gasteiger partial charge in [-0.05, 0) is 39.8 Å². The highest BCUT2D eigenvalue weighted by atomic mass is 32.2. The van der Waals surface area contributed by atoms with E-state index in [1.165, 1.54) is 26.0 Å². The van der Waals surface area contributed by atoms with Gasteiger partial charge in [-0.2, -0.15) is 0 Å². The van der Waals surface area contributed by atoms with Crippen LogP contribution in [0.2, 0.25) is 0 Å². The summed E-state index contributed by atoms with van der Waals surface area (Å²) in [6, 6.07) is 2.47. The molecule has 0 atom stereocenters. The number of hydrogen-bond donors (Lipinski definition) is 3. The van der Waals surface area contributed by atoms with Crippen molar-refractivity contribution in [1.29, 1.82) is 0 Å². The lowest BCUT2D eigenvalue weighted by atomic mass is 9.87. The molecule has 0 saturated carbocycles. The van der Waals surface area contributed by atoms with Crippen molar-refractivity contribution in [2.75, 3.05) is 0 Å². The zero-order valence-corrected chi connectivity index (χ0v) is 12.7. The molecule has 1 aromatic heterocycles. The Kier molecular flexibility index (Phi) is 4.12. The molecule has 8 heteroatoms. The number of aromatic carboxylic acids is 1. The van der Waals surface area contributed by atoms with Crippen LogP contribution >= 0.6 is 11.3 Å². The zero-order chi connectivity index (χ0) is 15.1. The Bertz CT molecular complexity index is 580. The van der Waals surface area contributed by atoms with Gasteiger partial charge in [-0.15, -0.1) is 11.3 Å². The molecule has 6 nitrogen and oxygen atoms in total. The number of sulfonamides is 1. The van der Waals surface area contributed by atoms with Crippen LogP contribution in [0.15, 0.2) is 16.3 Å². The fourth-order valence-corrected chi connectivity index (χ4v) is 3.77. The summed E-state index contributed by atoms with van der Waals surface area (Å²) in [6.45, 7) is 6.09. The minimum absolute atomic E-state index is 0.0542. The van der Waals surface area contributed by atoms with E-state index < -0.39 is 27.1 Å². The Morgan fingerprint density at radius 3 is 2.16 bits per heavy atom. The molecule has 0 aliphatic rings. The number of rotatable bonds is 5. The second kappa shape index (κ2) is 4.86. The molecule has 0 unspecified atom stereocenters. The van der Waals surface area contributed by atoms with E-state index in [0.717, 1.165) is 0 Å². The number of carbonyl (C=O) groups is 1. The molecule has 19 heavy (non-hydrogen) atoms. The molecule has 0 radical (unpaired) electrons. The van der Waals surface area contributed by atoms with Gasteiger partial charge in [0, 0.05) is 0 Å². The maximum absolute atomic E-state index is 12.1. The van der Waals surface area contributed by atoms with Gasteiger partial charge < -0.3 is 10.2 Å². The van der Waals surface area contributed by atoms with E-state index in [9.17, 15) is 18.3 Å². The van der Waals surface area contributed by atoms with Crippen molar-refractivity contribution in [3.05, 3.63) is 17.0 Å². The SMILES string of the molecule is CC(C)(O)C(C)(C)NS(=O)(=O)c1ccc(C(=O)O)s1. The van der Waals surface area contributed by atoms with Crippen LogP contribution in [0.3, 0.4) is 0 Å². The van der Waals surface area contributed by atoms with Crippen molar-refractivity contribution in [2.45, 2.75) is 43.0 Å². The van der Waals surface area contributed by atoms with Crippen LogP contribution in [0.25, 0.3) is 0 Å². The van der Waals surface area contributed by atoms with E-state index >= 15 is 0 Å². The van der Waals surface area contributed by atoms with Crippen molar-refractivity contribution >= 4 is 27.3 Å². The molecule has 108 valence electrons. The summed E-state index contributed by atoms with van der Waals surface area (Å²) in [6.07, 6.45) is 0. The summed E-state index contributed by atoms with van der Waals surface area (Å²) >= 11 is 0.668. The number of nitrogens with one attached hydrogen (secondary N) is 1. The highest BCUT2D eigenvalue weighted by molar-refractivity contribution is 7.91. The lowest BCUT2D eigenvalue weighted by molar-refractivity contribution is 0.00641. The second-order valence-corrected chi connectivity index (χ2v) is 8.21. The molecule has 1 aromatic rings. The molecule has 1 rings (SSSR count). The highest BCUT2D eigenvalue weighted by Crippen LogP contribution is 2.26. The Labute approximate surface area is 116 Å². The summed E-state index contributed by atoms with van der Waals surface area (Å²) in [4.78, 5) is 10.7. The third-order valence-electron chi connectivity index (χ3n) is 2.98. The highest BCUT2D eigenvalue weighted by Gasteiger charge is 2.39. The van der Waals surface area contributed by atoms with Crippen LogP contribution < -0.4 is 4.72 Å². The Balaban J connectivity index is 3.08. The molecule has 0 spiro atoms. The number of thiophene rings is 1. The van der Waals surface area contributed by atoms with Crippen LogP contribution in [0.4, 0.5) is 0 Å². The van der Waals surface area contributed by atoms with Crippen LogP contribution in [0, 0.1) is 0 Å². The van der Waals surface area contributed by atoms with E-state index in [-0.39, 0.29) is 9.09 Å². The van der Waals surface area contributed by atoms with Gasteiger partial charge in [-0.1, -0.05) is 0 Å². The summed E-state index contributed by atoms with van der Waals surface area (Å²) in [5, 5.41) is 18.7. The first-order chi connectivity index (χ1) is 8.37. The first kappa shape index (κ1) is 16.1. The van der Waals surface area contributed by atoms with E-state index in [4.69, 9.17) is 5.11 Å². The Hall–Kier alpha value is -0.960. The largest absolute Gasteiger partial charge is 0.477 e. The van der Waals surface area contributed by atoms with Crippen molar-refractivity contribution in [1.82, 2.24) is 4.72 Å². The monoisotopic (exact) mass is 307 g/mol. The van der Waals surface area contributed by atoms with E-state index in [2.05, 4.69) is 4.72 Å². The van der Waals surface area contributed by atoms with Crippen LogP contribution in [-0.4, -0.2) is 35.7 Å². The molecule has 0 aliphatic heterocycles. The molecule has 3 N–H and O–H groups in total. The summed E-state index contributed by atoms with van der Waals surface area (Å²) in [5.41, 5.74) is -2.37. The predicted molar refractivity (Wildman–Crippen MR) is 72.0 cm³/mol. The van der Waals surface area contributed by atoms with Gasteiger partial charge in [0.25, 0.3) is 10.0 Å². The van der Waals surface area contributed by atoms with Crippen molar-refractivity contribution in [3.63, 3.8) is 0 Å². The van der Waals surface area contributed by atoms with Crippen LogP contribution in [-0.2, 0) is 10.0 Å². The predicted octanol–water partition coefficient (Wildman–Crippen LogP) is 1.27. The third kappa shape index (κ3) is 3.53. The average molecular weight is 307 g/mol. The number of hydrogen-bond acceptors (Lipinski definition) is 5. The first-order valence-electron chi connectivity index (χ1n) is 5.46. The molecule has 0 aliphatic carbocycles. The third-order valence-corrected chi connectivity index (χ3v) is 6.20. The van der Waals surface area contributed by atoms with Gasteiger partial charge in [-0.3, -0.25) is 0 Å². The van der Waals surface area contributed by atoms with Gasteiger partial charge in [0.05, 0.1) is 11.1 Å². The van der Waals surface area contributed by atoms with Gasteiger partial charge in [0.2, 0.25) is 0 Å². The quantitative estimate of drug-likeness (QED) is 0.760. The maximum atomic E-state index is 12.1. The fourth-order valence-electron chi connectivity index (χ4n) is 1.09. The fraction of sp³-hybridized carbons (Fsp3) is 0.545. The lowest BCUT2D eigenvalue weighted by Gasteiger charge is -2.37. The normalized spacial score (nSPS) is 13.5. The van der Waals surface area contributed by atoms with Crippen LogP contribution in [0.5, 0.6) is 0 Å². The minimum atomic E-state index is -3.87. The Morgan fingerprint density at radius 2 is 1.79 bits per heavy atom. The minimum Gasteiger partial charge on any atom is -0.477 e. The summed E-state index contributed by atoms with van der Waals surface area (Å²) in [7, 11) is -3.87. The smallest absolute Gasteiger partial charge is 0.345 e. The molecule has 1 heterocycles. The van der Waals surface area contributed by atoms with E-state index in [0.29, 0.717) is 11.3 Å². The second-order valence-electron chi connectivity index (χ2n) is 5.21. The topological polar surface area (TPSA) is 104 Å². The van der Waals surface area contributed by atoms with E-state index in [1.54, 1.807) is 13.8 Å². The van der Waals surface area contributed by atoms with Gasteiger partial charge in [0.15, 0.2) is 0 Å². The molecule has 0 amide bonds.